The van der Waals surface area contributed by atoms with Crippen molar-refractivity contribution in [3.05, 3.63) is 69.8 Å². The van der Waals surface area contributed by atoms with E-state index in [9.17, 15) is 10.1 Å². The van der Waals surface area contributed by atoms with Crippen LogP contribution in [0.15, 0.2) is 48.5 Å². The minimum Gasteiger partial charge on any atom is -0.489 e. The highest BCUT2D eigenvalue weighted by atomic mass is 35.5. The van der Waals surface area contributed by atoms with Crippen LogP contribution in [-0.2, 0) is 12.5 Å². The third-order valence-electron chi connectivity index (χ3n) is 2.64. The van der Waals surface area contributed by atoms with Crippen molar-refractivity contribution < 1.29 is 9.66 Å². The predicted octanol–water partition coefficient (Wildman–Crippen LogP) is 3.91. The molecule has 19 heavy (non-hydrogen) atoms. The van der Waals surface area contributed by atoms with Gasteiger partial charge in [-0.05, 0) is 23.8 Å². The first-order valence-corrected chi connectivity index (χ1v) is 6.24. The van der Waals surface area contributed by atoms with E-state index in [1.807, 2.05) is 18.2 Å². The van der Waals surface area contributed by atoms with Crippen molar-refractivity contribution in [3.8, 4) is 5.75 Å². The molecule has 0 aliphatic rings. The van der Waals surface area contributed by atoms with E-state index in [-0.39, 0.29) is 12.3 Å². The summed E-state index contributed by atoms with van der Waals surface area (Å²) in [6.07, 6.45) is 0. The number of nitro groups is 1. The molecule has 2 aromatic rings. The van der Waals surface area contributed by atoms with Gasteiger partial charge >= 0.3 is 0 Å². The summed E-state index contributed by atoms with van der Waals surface area (Å²) < 4.78 is 5.56. The van der Waals surface area contributed by atoms with Gasteiger partial charge in [0.05, 0.1) is 10.5 Å². The van der Waals surface area contributed by atoms with E-state index >= 15 is 0 Å². The van der Waals surface area contributed by atoms with Crippen LogP contribution in [-0.4, -0.2) is 4.92 Å². The average Bonchev–Trinajstić information content (AvgIpc) is 2.45. The fourth-order valence-corrected chi connectivity index (χ4v) is 1.86. The smallest absolute Gasteiger partial charge is 0.276 e. The van der Waals surface area contributed by atoms with Gasteiger partial charge in [0.1, 0.15) is 12.4 Å². The molecular weight excluding hydrogens is 266 g/mol. The lowest BCUT2D eigenvalue weighted by molar-refractivity contribution is -0.385. The normalized spacial score (nSPS) is 10.2. The van der Waals surface area contributed by atoms with Crippen LogP contribution >= 0.6 is 11.6 Å². The molecule has 0 radical (unpaired) electrons. The molecule has 0 fully saturated rings. The molecule has 0 aliphatic carbocycles. The van der Waals surface area contributed by atoms with E-state index in [0.717, 1.165) is 5.56 Å². The molecule has 0 atom stereocenters. The maximum Gasteiger partial charge on any atom is 0.276 e. The summed E-state index contributed by atoms with van der Waals surface area (Å²) in [6.45, 7) is 0.156. The van der Waals surface area contributed by atoms with Gasteiger partial charge in [0.25, 0.3) is 5.69 Å². The number of alkyl halides is 1. The van der Waals surface area contributed by atoms with Gasteiger partial charge in [-0.15, -0.1) is 11.6 Å². The van der Waals surface area contributed by atoms with Crippen LogP contribution in [0.4, 0.5) is 5.69 Å². The Morgan fingerprint density at radius 2 is 1.95 bits per heavy atom. The van der Waals surface area contributed by atoms with Gasteiger partial charge in [-0.25, -0.2) is 0 Å². The van der Waals surface area contributed by atoms with Crippen LogP contribution in [0.25, 0.3) is 0 Å². The molecule has 2 rings (SSSR count). The summed E-state index contributed by atoms with van der Waals surface area (Å²) in [6, 6.07) is 13.9. The van der Waals surface area contributed by atoms with Crippen LogP contribution in [0.2, 0.25) is 0 Å². The summed E-state index contributed by atoms with van der Waals surface area (Å²) in [5.41, 5.74) is 1.56. The molecule has 0 saturated carbocycles. The SMILES string of the molecule is O=[N+]([O-])c1ccccc1COc1cccc(CCl)c1. The molecule has 0 unspecified atom stereocenters. The van der Waals surface area contributed by atoms with E-state index < -0.39 is 4.92 Å². The fraction of sp³-hybridized carbons (Fsp3) is 0.143. The Morgan fingerprint density at radius 1 is 1.16 bits per heavy atom. The maximum absolute atomic E-state index is 10.9. The third-order valence-corrected chi connectivity index (χ3v) is 2.94. The molecule has 0 N–H and O–H groups in total. The summed E-state index contributed by atoms with van der Waals surface area (Å²) in [7, 11) is 0. The zero-order valence-electron chi connectivity index (χ0n) is 10.1. The standard InChI is InChI=1S/C14H12ClNO3/c15-9-11-4-3-6-13(8-11)19-10-12-5-1-2-7-14(12)16(17)18/h1-8H,9-10H2. The van der Waals surface area contributed by atoms with Gasteiger partial charge in [0.15, 0.2) is 0 Å². The molecule has 0 amide bonds. The van der Waals surface area contributed by atoms with Gasteiger partial charge < -0.3 is 4.74 Å². The van der Waals surface area contributed by atoms with Crippen LogP contribution in [0.1, 0.15) is 11.1 Å². The highest BCUT2D eigenvalue weighted by molar-refractivity contribution is 6.17. The van der Waals surface area contributed by atoms with E-state index in [1.165, 1.54) is 6.07 Å². The number of ether oxygens (including phenoxy) is 1. The van der Waals surface area contributed by atoms with Crippen molar-refractivity contribution in [3.63, 3.8) is 0 Å². The lowest BCUT2D eigenvalue weighted by Crippen LogP contribution is -2.00. The van der Waals surface area contributed by atoms with Crippen LogP contribution in [0.5, 0.6) is 5.75 Å². The first kappa shape index (κ1) is 13.4. The first-order valence-electron chi connectivity index (χ1n) is 5.70. The summed E-state index contributed by atoms with van der Waals surface area (Å²) in [4.78, 5) is 10.5. The zero-order valence-corrected chi connectivity index (χ0v) is 10.8. The van der Waals surface area contributed by atoms with Crippen molar-refractivity contribution in [2.45, 2.75) is 12.5 Å². The van der Waals surface area contributed by atoms with E-state index in [2.05, 4.69) is 0 Å². The topological polar surface area (TPSA) is 52.4 Å². The molecule has 4 nitrogen and oxygen atoms in total. The molecule has 0 spiro atoms. The summed E-state index contributed by atoms with van der Waals surface area (Å²) in [5, 5.41) is 10.9. The molecule has 0 aromatic heterocycles. The van der Waals surface area contributed by atoms with Crippen molar-refractivity contribution >= 4 is 17.3 Å². The van der Waals surface area contributed by atoms with E-state index in [1.54, 1.807) is 24.3 Å². The van der Waals surface area contributed by atoms with Gasteiger partial charge in [-0.2, -0.15) is 0 Å². The van der Waals surface area contributed by atoms with Gasteiger partial charge in [0, 0.05) is 11.9 Å². The number of para-hydroxylation sites is 1. The number of nitrogens with zero attached hydrogens (tertiary/aromatic N) is 1. The largest absolute Gasteiger partial charge is 0.489 e. The maximum atomic E-state index is 10.9. The van der Waals surface area contributed by atoms with Crippen molar-refractivity contribution in [2.75, 3.05) is 0 Å². The molecular formula is C14H12ClNO3. The Hall–Kier alpha value is -2.07. The third kappa shape index (κ3) is 3.45. The Labute approximate surface area is 115 Å². The van der Waals surface area contributed by atoms with Gasteiger partial charge in [0.2, 0.25) is 0 Å². The van der Waals surface area contributed by atoms with Crippen LogP contribution in [0.3, 0.4) is 0 Å². The molecule has 2 aromatic carbocycles. The number of benzene rings is 2. The van der Waals surface area contributed by atoms with Crippen molar-refractivity contribution in [1.29, 1.82) is 0 Å². The predicted molar refractivity (Wildman–Crippen MR) is 73.4 cm³/mol. The zero-order chi connectivity index (χ0) is 13.7. The number of hydrogen-bond donors (Lipinski definition) is 0. The first-order chi connectivity index (χ1) is 9.20. The minimum absolute atomic E-state index is 0.0657. The Morgan fingerprint density at radius 3 is 2.68 bits per heavy atom. The lowest BCUT2D eigenvalue weighted by Gasteiger charge is -2.07. The number of rotatable bonds is 5. The monoisotopic (exact) mass is 277 g/mol. The minimum atomic E-state index is -0.409. The molecule has 0 bridgehead atoms. The molecule has 0 saturated heterocycles. The molecule has 0 heterocycles. The summed E-state index contributed by atoms with van der Waals surface area (Å²) >= 11 is 5.74. The molecule has 0 aliphatic heterocycles. The number of nitro benzene ring substituents is 1. The van der Waals surface area contributed by atoms with Crippen LogP contribution < -0.4 is 4.74 Å². The highest BCUT2D eigenvalue weighted by Crippen LogP contribution is 2.21. The number of halogens is 1. The lowest BCUT2D eigenvalue weighted by atomic mass is 10.2. The van der Waals surface area contributed by atoms with Crippen molar-refractivity contribution in [2.24, 2.45) is 0 Å². The second-order valence-electron chi connectivity index (χ2n) is 3.96. The van der Waals surface area contributed by atoms with Crippen molar-refractivity contribution in [1.82, 2.24) is 0 Å². The van der Waals surface area contributed by atoms with E-state index in [0.29, 0.717) is 17.2 Å². The van der Waals surface area contributed by atoms with E-state index in [4.69, 9.17) is 16.3 Å². The van der Waals surface area contributed by atoms with Gasteiger partial charge in [-0.3, -0.25) is 10.1 Å². The quantitative estimate of drug-likeness (QED) is 0.473. The average molecular weight is 278 g/mol. The highest BCUT2D eigenvalue weighted by Gasteiger charge is 2.12. The van der Waals surface area contributed by atoms with Crippen LogP contribution in [0, 0.1) is 10.1 Å². The fourth-order valence-electron chi connectivity index (χ4n) is 1.69. The Kier molecular flexibility index (Phi) is 4.36. The second kappa shape index (κ2) is 6.20. The number of hydrogen-bond acceptors (Lipinski definition) is 3. The second-order valence-corrected chi connectivity index (χ2v) is 4.22. The Balaban J connectivity index is 2.12. The van der Waals surface area contributed by atoms with Gasteiger partial charge in [-0.1, -0.05) is 24.3 Å². The Bertz CT molecular complexity index is 586. The summed E-state index contributed by atoms with van der Waals surface area (Å²) in [5.74, 6) is 1.05. The molecule has 5 heteroatoms. The molecule has 98 valence electrons.